The molecule has 4 N–H and O–H groups in total. The van der Waals surface area contributed by atoms with Gasteiger partial charge in [-0.15, -0.1) is 0 Å². The monoisotopic (exact) mass is 224 g/mol. The number of aromatic nitrogens is 3. The molecule has 0 spiro atoms. The molecular formula is C9H16N6O. The van der Waals surface area contributed by atoms with Gasteiger partial charge in [0.05, 0.1) is 7.11 Å². The highest BCUT2D eigenvalue weighted by atomic mass is 16.5. The van der Waals surface area contributed by atoms with Crippen LogP contribution in [0.5, 0.6) is 6.01 Å². The van der Waals surface area contributed by atoms with E-state index in [-0.39, 0.29) is 6.01 Å². The molecule has 88 valence electrons. The zero-order chi connectivity index (χ0) is 11.5. The highest BCUT2D eigenvalue weighted by Gasteiger charge is 2.26. The average molecular weight is 224 g/mol. The molecule has 0 bridgehead atoms. The van der Waals surface area contributed by atoms with Crippen molar-refractivity contribution in [1.82, 2.24) is 15.0 Å². The van der Waals surface area contributed by atoms with E-state index in [1.165, 1.54) is 7.11 Å². The molecule has 0 aliphatic heterocycles. The Morgan fingerprint density at radius 3 is 2.50 bits per heavy atom. The van der Waals surface area contributed by atoms with Crippen LogP contribution >= 0.6 is 0 Å². The van der Waals surface area contributed by atoms with E-state index in [1.54, 1.807) is 0 Å². The molecule has 1 heterocycles. The summed E-state index contributed by atoms with van der Waals surface area (Å²) in [6.07, 6.45) is 2.28. The van der Waals surface area contributed by atoms with Crippen LogP contribution in [0.25, 0.3) is 0 Å². The van der Waals surface area contributed by atoms with Crippen LogP contribution in [0.3, 0.4) is 0 Å². The summed E-state index contributed by atoms with van der Waals surface area (Å²) >= 11 is 0. The smallest absolute Gasteiger partial charge is 0.322 e. The van der Waals surface area contributed by atoms with E-state index in [4.69, 9.17) is 10.6 Å². The Balaban J connectivity index is 2.07. The second kappa shape index (κ2) is 4.48. The van der Waals surface area contributed by atoms with E-state index >= 15 is 0 Å². The maximum absolute atomic E-state index is 5.26. The molecule has 1 aliphatic carbocycles. The van der Waals surface area contributed by atoms with Gasteiger partial charge in [-0.25, -0.2) is 5.84 Å². The molecule has 0 atom stereocenters. The summed E-state index contributed by atoms with van der Waals surface area (Å²) in [7, 11) is 1.50. The fourth-order valence-corrected chi connectivity index (χ4v) is 1.78. The Morgan fingerprint density at radius 2 is 1.94 bits per heavy atom. The van der Waals surface area contributed by atoms with E-state index in [2.05, 4.69) is 32.6 Å². The van der Waals surface area contributed by atoms with Crippen LogP contribution in [0.15, 0.2) is 0 Å². The first-order valence-corrected chi connectivity index (χ1v) is 5.24. The van der Waals surface area contributed by atoms with Gasteiger partial charge in [0.2, 0.25) is 11.9 Å². The number of rotatable bonds is 4. The Bertz CT molecular complexity index is 343. The normalized spacial score (nSPS) is 23.4. The maximum atomic E-state index is 5.26. The number of hydrogen-bond donors (Lipinski definition) is 3. The van der Waals surface area contributed by atoms with Crippen molar-refractivity contribution < 1.29 is 4.74 Å². The molecule has 0 amide bonds. The molecule has 0 aromatic carbocycles. The number of hydrogen-bond acceptors (Lipinski definition) is 7. The lowest BCUT2D eigenvalue weighted by atomic mass is 9.82. The first-order valence-electron chi connectivity index (χ1n) is 5.24. The third-order valence-electron chi connectivity index (χ3n) is 2.63. The summed E-state index contributed by atoms with van der Waals surface area (Å²) < 4.78 is 4.95. The standard InChI is InChI=1S/C9H16N6O/c1-5-3-6(4-5)11-7-12-8(15-10)14-9(13-7)16-2/h5-6H,3-4,10H2,1-2H3,(H2,11,12,13,14,15). The molecule has 7 heteroatoms. The Morgan fingerprint density at radius 1 is 1.25 bits per heavy atom. The Labute approximate surface area is 93.8 Å². The van der Waals surface area contributed by atoms with Crippen molar-refractivity contribution in [3.63, 3.8) is 0 Å². The maximum Gasteiger partial charge on any atom is 0.322 e. The van der Waals surface area contributed by atoms with Gasteiger partial charge < -0.3 is 10.1 Å². The van der Waals surface area contributed by atoms with Crippen LogP contribution in [-0.4, -0.2) is 28.1 Å². The van der Waals surface area contributed by atoms with Crippen LogP contribution in [-0.2, 0) is 0 Å². The number of nitrogens with two attached hydrogens (primary N) is 1. The summed E-state index contributed by atoms with van der Waals surface area (Å²) in [5.41, 5.74) is 2.38. The predicted molar refractivity (Wildman–Crippen MR) is 60.0 cm³/mol. The van der Waals surface area contributed by atoms with Gasteiger partial charge >= 0.3 is 6.01 Å². The third-order valence-corrected chi connectivity index (χ3v) is 2.63. The van der Waals surface area contributed by atoms with Crippen molar-refractivity contribution in [3.8, 4) is 6.01 Å². The molecular weight excluding hydrogens is 208 g/mol. The summed E-state index contributed by atoms with van der Waals surface area (Å²) in [6.45, 7) is 2.22. The number of nitrogen functional groups attached to an aromatic ring is 1. The molecule has 1 aromatic rings. The molecule has 2 rings (SSSR count). The van der Waals surface area contributed by atoms with Crippen molar-refractivity contribution in [2.75, 3.05) is 17.9 Å². The van der Waals surface area contributed by atoms with Crippen molar-refractivity contribution >= 4 is 11.9 Å². The predicted octanol–water partition coefficient (Wildman–Crippen LogP) is 0.376. The number of anilines is 2. The molecule has 0 saturated heterocycles. The van der Waals surface area contributed by atoms with Crippen molar-refractivity contribution in [1.29, 1.82) is 0 Å². The summed E-state index contributed by atoms with van der Waals surface area (Å²) in [5, 5.41) is 3.22. The molecule has 7 nitrogen and oxygen atoms in total. The fourth-order valence-electron chi connectivity index (χ4n) is 1.78. The van der Waals surface area contributed by atoms with Gasteiger partial charge in [0, 0.05) is 6.04 Å². The van der Waals surface area contributed by atoms with Gasteiger partial charge in [-0.05, 0) is 18.8 Å². The van der Waals surface area contributed by atoms with Crippen LogP contribution in [0.2, 0.25) is 0 Å². The second-order valence-electron chi connectivity index (χ2n) is 4.03. The van der Waals surface area contributed by atoms with Gasteiger partial charge in [0.1, 0.15) is 0 Å². The minimum Gasteiger partial charge on any atom is -0.467 e. The van der Waals surface area contributed by atoms with Crippen LogP contribution in [0.4, 0.5) is 11.9 Å². The van der Waals surface area contributed by atoms with Gasteiger partial charge in [0.15, 0.2) is 0 Å². The number of nitrogens with zero attached hydrogens (tertiary/aromatic N) is 3. The number of nitrogens with one attached hydrogen (secondary N) is 2. The lowest BCUT2D eigenvalue weighted by Gasteiger charge is -2.33. The lowest BCUT2D eigenvalue weighted by Crippen LogP contribution is -2.34. The number of methoxy groups -OCH3 is 1. The van der Waals surface area contributed by atoms with E-state index < -0.39 is 0 Å². The van der Waals surface area contributed by atoms with Gasteiger partial charge in [0.25, 0.3) is 0 Å². The molecule has 1 aromatic heterocycles. The van der Waals surface area contributed by atoms with Crippen molar-refractivity contribution in [2.24, 2.45) is 11.8 Å². The van der Waals surface area contributed by atoms with E-state index in [0.29, 0.717) is 17.9 Å². The zero-order valence-corrected chi connectivity index (χ0v) is 9.40. The van der Waals surface area contributed by atoms with E-state index in [1.807, 2.05) is 0 Å². The Kier molecular flexibility index (Phi) is 3.04. The van der Waals surface area contributed by atoms with Crippen LogP contribution in [0.1, 0.15) is 19.8 Å². The van der Waals surface area contributed by atoms with Crippen LogP contribution < -0.4 is 21.3 Å². The highest BCUT2D eigenvalue weighted by molar-refractivity contribution is 5.36. The third kappa shape index (κ3) is 2.30. The molecule has 1 fully saturated rings. The average Bonchev–Trinajstić information content (AvgIpc) is 2.26. The number of ether oxygens (including phenoxy) is 1. The quantitative estimate of drug-likeness (QED) is 0.502. The minimum absolute atomic E-state index is 0.248. The molecule has 16 heavy (non-hydrogen) atoms. The Hall–Kier alpha value is -1.63. The molecule has 0 radical (unpaired) electrons. The summed E-state index contributed by atoms with van der Waals surface area (Å²) in [6, 6.07) is 0.686. The molecule has 0 unspecified atom stereocenters. The lowest BCUT2D eigenvalue weighted by molar-refractivity contribution is 0.307. The summed E-state index contributed by atoms with van der Waals surface area (Å²) in [5.74, 6) is 6.82. The van der Waals surface area contributed by atoms with Gasteiger partial charge in [-0.3, -0.25) is 5.43 Å². The first kappa shape index (κ1) is 10.9. The summed E-state index contributed by atoms with van der Waals surface area (Å²) in [4.78, 5) is 12.1. The second-order valence-corrected chi connectivity index (χ2v) is 4.03. The topological polar surface area (TPSA) is 98.0 Å². The highest BCUT2D eigenvalue weighted by Crippen LogP contribution is 2.28. The largest absolute Gasteiger partial charge is 0.467 e. The molecule has 1 aliphatic rings. The molecule has 1 saturated carbocycles. The van der Waals surface area contributed by atoms with Crippen molar-refractivity contribution in [3.05, 3.63) is 0 Å². The minimum atomic E-state index is 0.248. The zero-order valence-electron chi connectivity index (χ0n) is 9.40. The number of hydrazine groups is 1. The first-order chi connectivity index (χ1) is 7.71. The van der Waals surface area contributed by atoms with Crippen molar-refractivity contribution in [2.45, 2.75) is 25.8 Å². The van der Waals surface area contributed by atoms with Gasteiger partial charge in [-0.1, -0.05) is 6.92 Å². The SMILES string of the molecule is COc1nc(NN)nc(NC2CC(C)C2)n1. The van der Waals surface area contributed by atoms with Crippen LogP contribution in [0, 0.1) is 5.92 Å². The fraction of sp³-hybridized carbons (Fsp3) is 0.667. The van der Waals surface area contributed by atoms with E-state index in [0.717, 1.165) is 18.8 Å². The van der Waals surface area contributed by atoms with Gasteiger partial charge in [-0.2, -0.15) is 15.0 Å². The van der Waals surface area contributed by atoms with E-state index in [9.17, 15) is 0 Å².